The molecule has 5 nitrogen and oxygen atoms in total. The molecule has 0 radical (unpaired) electrons. The number of anilines is 2. The summed E-state index contributed by atoms with van der Waals surface area (Å²) in [5.74, 6) is 6.36. The zero-order valence-electron chi connectivity index (χ0n) is 12.3. The summed E-state index contributed by atoms with van der Waals surface area (Å²) in [6.07, 6.45) is 1.57. The average Bonchev–Trinajstić information content (AvgIpc) is 2.55. The summed E-state index contributed by atoms with van der Waals surface area (Å²) < 4.78 is 1.55. The normalized spacial score (nSPS) is 10.2. The number of hydrogen-bond donors (Lipinski definition) is 2. The minimum absolute atomic E-state index is 0.0756. The number of nitrogens with one attached hydrogen (secondary N) is 1. The Morgan fingerprint density at radius 3 is 2.74 bits per heavy atom. The van der Waals surface area contributed by atoms with Gasteiger partial charge in [0.2, 0.25) is 0 Å². The van der Waals surface area contributed by atoms with E-state index in [0.717, 1.165) is 10.2 Å². The summed E-state index contributed by atoms with van der Waals surface area (Å²) in [6.45, 7) is 1.48. The van der Waals surface area contributed by atoms with Crippen molar-refractivity contribution in [2.75, 3.05) is 16.2 Å². The van der Waals surface area contributed by atoms with E-state index in [1.54, 1.807) is 18.3 Å². The largest absolute Gasteiger partial charge is 0.340 e. The van der Waals surface area contributed by atoms with Crippen LogP contribution in [0, 0.1) is 0 Å². The lowest BCUT2D eigenvalue weighted by Crippen LogP contribution is -2.31. The Bertz CT molecular complexity index is 709. The van der Waals surface area contributed by atoms with Crippen LogP contribution in [0.5, 0.6) is 0 Å². The zero-order valence-corrected chi connectivity index (χ0v) is 15.5. The Morgan fingerprint density at radius 1 is 1.39 bits per heavy atom. The predicted molar refractivity (Wildman–Crippen MR) is 104 cm³/mol. The van der Waals surface area contributed by atoms with Gasteiger partial charge in [0.05, 0.1) is 23.4 Å². The molecule has 120 valence electrons. The van der Waals surface area contributed by atoms with Gasteiger partial charge in [0.15, 0.2) is 5.78 Å². The first-order valence-electron chi connectivity index (χ1n) is 6.65. The fourth-order valence-electron chi connectivity index (χ4n) is 1.68. The van der Waals surface area contributed by atoms with E-state index >= 15 is 0 Å². The maximum atomic E-state index is 11.2. The van der Waals surface area contributed by atoms with E-state index < -0.39 is 0 Å². The van der Waals surface area contributed by atoms with Crippen molar-refractivity contribution in [1.29, 1.82) is 0 Å². The van der Waals surface area contributed by atoms with Gasteiger partial charge < -0.3 is 5.32 Å². The highest BCUT2D eigenvalue weighted by Gasteiger charge is 2.07. The van der Waals surface area contributed by atoms with Gasteiger partial charge >= 0.3 is 0 Å². The lowest BCUT2D eigenvalue weighted by Gasteiger charge is -2.18. The van der Waals surface area contributed by atoms with Crippen LogP contribution in [0.1, 0.15) is 17.4 Å². The third-order valence-electron chi connectivity index (χ3n) is 2.89. The van der Waals surface area contributed by atoms with Crippen molar-refractivity contribution in [2.24, 2.45) is 5.84 Å². The molecule has 0 saturated heterocycles. The molecule has 0 bridgehead atoms. The summed E-state index contributed by atoms with van der Waals surface area (Å²) in [4.78, 5) is 15.3. The lowest BCUT2D eigenvalue weighted by atomic mass is 10.2. The molecule has 8 heteroatoms. The molecule has 0 atom stereocenters. The maximum Gasteiger partial charge on any atom is 0.178 e. The number of para-hydroxylation sites is 1. The van der Waals surface area contributed by atoms with Crippen LogP contribution in [0.15, 0.2) is 47.1 Å². The molecular formula is C15H15BrN4OS2. The molecular weight excluding hydrogens is 396 g/mol. The second-order valence-electron chi connectivity index (χ2n) is 4.59. The number of rotatable bonds is 5. The molecule has 1 aromatic carbocycles. The van der Waals surface area contributed by atoms with E-state index in [0.29, 0.717) is 21.6 Å². The van der Waals surface area contributed by atoms with Gasteiger partial charge in [0, 0.05) is 11.4 Å². The Hall–Kier alpha value is -1.48. The number of carbonyl (C=O) groups excluding carboxylic acids is 1. The summed E-state index contributed by atoms with van der Waals surface area (Å²) in [7, 11) is 0. The number of ketones is 1. The van der Waals surface area contributed by atoms with Crippen molar-refractivity contribution >= 4 is 61.4 Å². The fourth-order valence-corrected chi connectivity index (χ4v) is 2.92. The van der Waals surface area contributed by atoms with Crippen molar-refractivity contribution in [3.8, 4) is 0 Å². The molecule has 2 aromatic rings. The summed E-state index contributed by atoms with van der Waals surface area (Å²) in [5, 5.41) is 4.67. The number of Topliss-reactive ketones (excluding diaryl/α,β-unsaturated/α-hetero) is 1. The number of halogens is 1. The second kappa shape index (κ2) is 8.39. The topological polar surface area (TPSA) is 71.2 Å². The van der Waals surface area contributed by atoms with Crippen LogP contribution < -0.4 is 16.2 Å². The van der Waals surface area contributed by atoms with Crippen LogP contribution >= 0.6 is 39.9 Å². The van der Waals surface area contributed by atoms with E-state index in [4.69, 9.17) is 18.1 Å². The average molecular weight is 411 g/mol. The van der Waals surface area contributed by atoms with Gasteiger partial charge in [-0.05, 0) is 40.2 Å². The number of thioether (sulfide) groups is 1. The minimum atomic E-state index is -0.0756. The van der Waals surface area contributed by atoms with Crippen molar-refractivity contribution in [3.63, 3.8) is 0 Å². The van der Waals surface area contributed by atoms with Gasteiger partial charge in [-0.15, -0.1) is 0 Å². The number of thiocarbonyl (C=S) groups is 1. The highest BCUT2D eigenvalue weighted by atomic mass is 79.9. The number of benzene rings is 1. The van der Waals surface area contributed by atoms with E-state index in [-0.39, 0.29) is 5.78 Å². The molecule has 0 saturated carbocycles. The van der Waals surface area contributed by atoms with Gasteiger partial charge in [-0.3, -0.25) is 14.8 Å². The van der Waals surface area contributed by atoms with Gasteiger partial charge in [0.25, 0.3) is 0 Å². The lowest BCUT2D eigenvalue weighted by molar-refractivity contribution is 0.101. The van der Waals surface area contributed by atoms with Crippen LogP contribution in [0.25, 0.3) is 0 Å². The summed E-state index contributed by atoms with van der Waals surface area (Å²) in [5.41, 5.74) is 2.04. The zero-order chi connectivity index (χ0) is 16.8. The molecule has 23 heavy (non-hydrogen) atoms. The molecule has 1 aromatic heterocycles. The summed E-state index contributed by atoms with van der Waals surface area (Å²) in [6, 6.07) is 11.1. The predicted octanol–water partition coefficient (Wildman–Crippen LogP) is 3.81. The van der Waals surface area contributed by atoms with Crippen LogP contribution in [-0.4, -0.2) is 21.0 Å². The number of pyridine rings is 1. The Kier molecular flexibility index (Phi) is 6.52. The van der Waals surface area contributed by atoms with Crippen LogP contribution in [-0.2, 0) is 0 Å². The van der Waals surface area contributed by atoms with Gasteiger partial charge in [0.1, 0.15) is 10.0 Å². The smallest absolute Gasteiger partial charge is 0.178 e. The number of nitrogens with two attached hydrogens (primary N) is 1. The molecule has 3 N–H and O–H groups in total. The number of carbonyl (C=O) groups is 1. The van der Waals surface area contributed by atoms with Crippen molar-refractivity contribution in [3.05, 3.63) is 52.8 Å². The van der Waals surface area contributed by atoms with Crippen LogP contribution in [0.4, 0.5) is 11.4 Å². The Balaban J connectivity index is 1.88. The second-order valence-corrected chi connectivity index (χ2v) is 7.07. The summed E-state index contributed by atoms with van der Waals surface area (Å²) >= 11 is 10.2. The monoisotopic (exact) mass is 410 g/mol. The molecule has 1 heterocycles. The van der Waals surface area contributed by atoms with E-state index in [2.05, 4.69) is 26.2 Å². The standard InChI is InChI=1S/C15H15BrN4OS2/c1-10(21)13-7-6-11(8-18-13)20(17)9-23-15(22)19-14-5-3-2-4-12(14)16/h2-8H,9,17H2,1H3,(H,19,22). The van der Waals surface area contributed by atoms with Crippen molar-refractivity contribution in [2.45, 2.75) is 6.92 Å². The van der Waals surface area contributed by atoms with Crippen LogP contribution in [0.3, 0.4) is 0 Å². The number of aromatic nitrogens is 1. The Morgan fingerprint density at radius 2 is 2.13 bits per heavy atom. The highest BCUT2D eigenvalue weighted by Crippen LogP contribution is 2.23. The molecule has 0 aliphatic heterocycles. The third kappa shape index (κ3) is 5.28. The van der Waals surface area contributed by atoms with Gasteiger partial charge in [-0.25, -0.2) is 5.84 Å². The highest BCUT2D eigenvalue weighted by molar-refractivity contribution is 9.10. The van der Waals surface area contributed by atoms with Crippen molar-refractivity contribution in [1.82, 2.24) is 4.98 Å². The van der Waals surface area contributed by atoms with E-state index in [1.807, 2.05) is 24.3 Å². The first kappa shape index (κ1) is 17.9. The third-order valence-corrected chi connectivity index (χ3v) is 4.80. The van der Waals surface area contributed by atoms with Gasteiger partial charge in [-0.2, -0.15) is 0 Å². The number of hydrazine groups is 1. The minimum Gasteiger partial charge on any atom is -0.340 e. The quantitative estimate of drug-likeness (QED) is 0.255. The molecule has 0 aliphatic carbocycles. The number of nitrogens with zero attached hydrogens (tertiary/aromatic N) is 2. The fraction of sp³-hybridized carbons (Fsp3) is 0.133. The molecule has 0 fully saturated rings. The SMILES string of the molecule is CC(=O)c1ccc(N(N)CSC(=S)Nc2ccccc2Br)cn1. The molecule has 0 spiro atoms. The van der Waals surface area contributed by atoms with Gasteiger partial charge in [-0.1, -0.05) is 36.1 Å². The van der Waals surface area contributed by atoms with E-state index in [9.17, 15) is 4.79 Å². The first-order valence-corrected chi connectivity index (χ1v) is 8.83. The molecule has 0 unspecified atom stereocenters. The van der Waals surface area contributed by atoms with Crippen molar-refractivity contribution < 1.29 is 4.79 Å². The molecule has 2 rings (SSSR count). The van der Waals surface area contributed by atoms with E-state index in [1.165, 1.54) is 23.7 Å². The molecule has 0 amide bonds. The molecule has 0 aliphatic rings. The first-order chi connectivity index (χ1) is 11.0. The number of hydrogen-bond acceptors (Lipinski definition) is 6. The maximum absolute atomic E-state index is 11.2. The van der Waals surface area contributed by atoms with Crippen LogP contribution in [0.2, 0.25) is 0 Å². The Labute approximate surface area is 152 Å².